The molecule has 2 aromatic heterocycles. The molecule has 0 saturated carbocycles. The van der Waals surface area contributed by atoms with Gasteiger partial charge in [-0.1, -0.05) is 185 Å². The van der Waals surface area contributed by atoms with Crippen molar-refractivity contribution in [2.45, 2.75) is 31.6 Å². The molecule has 12 aromatic rings. The number of nitrogens with zero attached hydrogens (tertiary/aromatic N) is 2. The lowest BCUT2D eigenvalue weighted by Crippen LogP contribution is -2.58. The summed E-state index contributed by atoms with van der Waals surface area (Å²) in [6.07, 6.45) is 0. The Kier molecular flexibility index (Phi) is 7.11. The third-order valence-electron chi connectivity index (χ3n) is 16.4. The molecule has 16 rings (SSSR count). The van der Waals surface area contributed by atoms with Crippen LogP contribution in [0.15, 0.2) is 206 Å². The smallest absolute Gasteiger partial charge is 0.256 e. The van der Waals surface area contributed by atoms with Crippen LogP contribution in [-0.2, 0) is 10.8 Å². The summed E-state index contributed by atoms with van der Waals surface area (Å²) in [6, 6.07) is 77.7. The van der Waals surface area contributed by atoms with Crippen LogP contribution in [0, 0.1) is 0 Å². The Bertz CT molecular complexity index is 4210. The van der Waals surface area contributed by atoms with Gasteiger partial charge in [0.05, 0.1) is 27.5 Å². The molecule has 3 nitrogen and oxygen atoms in total. The number of ether oxygens (including phenoxy) is 1. The summed E-state index contributed by atoms with van der Waals surface area (Å²) in [4.78, 5) is 0. The average molecular weight is 879 g/mol. The van der Waals surface area contributed by atoms with Gasteiger partial charge in [-0.05, 0) is 125 Å². The summed E-state index contributed by atoms with van der Waals surface area (Å²) in [7, 11) is 0. The highest BCUT2D eigenvalue weighted by Crippen LogP contribution is 2.63. The molecule has 2 aliphatic carbocycles. The van der Waals surface area contributed by atoms with Crippen LogP contribution in [0.25, 0.3) is 88.4 Å². The normalized spacial score (nSPS) is 14.2. The zero-order chi connectivity index (χ0) is 45.5. The minimum Gasteiger partial charge on any atom is -0.458 e. The van der Waals surface area contributed by atoms with Gasteiger partial charge >= 0.3 is 0 Å². The largest absolute Gasteiger partial charge is 0.458 e. The molecular weight excluding hydrogens is 836 g/mol. The summed E-state index contributed by atoms with van der Waals surface area (Å²) < 4.78 is 12.4. The van der Waals surface area contributed by atoms with Gasteiger partial charge in [-0.3, -0.25) is 0 Å². The maximum absolute atomic E-state index is 7.29. The average Bonchev–Trinajstić information content (AvgIpc) is 4.09. The predicted molar refractivity (Wildman–Crippen MR) is 287 cm³/mol. The first-order chi connectivity index (χ1) is 33.9. The molecular formula is C65H43BN2O. The van der Waals surface area contributed by atoms with Gasteiger partial charge < -0.3 is 13.9 Å². The van der Waals surface area contributed by atoms with Crippen molar-refractivity contribution in [2.75, 3.05) is 0 Å². The number of benzene rings is 10. The fraction of sp³-hybridized carbons (Fsp3) is 0.0769. The van der Waals surface area contributed by atoms with Gasteiger partial charge in [0.15, 0.2) is 0 Å². The van der Waals surface area contributed by atoms with Gasteiger partial charge in [0.2, 0.25) is 0 Å². The second-order valence-corrected chi connectivity index (χ2v) is 20.7. The molecule has 4 aliphatic rings. The molecule has 0 saturated heterocycles. The highest BCUT2D eigenvalue weighted by atomic mass is 16.5. The Morgan fingerprint density at radius 1 is 0.435 bits per heavy atom. The Labute approximate surface area is 400 Å². The molecule has 4 heterocycles. The van der Waals surface area contributed by atoms with Gasteiger partial charge in [0.1, 0.15) is 11.5 Å². The summed E-state index contributed by atoms with van der Waals surface area (Å²) in [5.74, 6) is 1.86. The lowest BCUT2D eigenvalue weighted by molar-refractivity contribution is 0.486. The molecule has 0 bridgehead atoms. The summed E-state index contributed by atoms with van der Waals surface area (Å²) >= 11 is 0. The van der Waals surface area contributed by atoms with Crippen molar-refractivity contribution in [3.8, 4) is 56.3 Å². The number of hydrogen-bond donors (Lipinski definition) is 0. The van der Waals surface area contributed by atoms with E-state index >= 15 is 0 Å². The van der Waals surface area contributed by atoms with Crippen molar-refractivity contribution in [2.24, 2.45) is 0 Å². The van der Waals surface area contributed by atoms with Crippen molar-refractivity contribution < 1.29 is 4.74 Å². The number of para-hydroxylation sites is 2. The number of fused-ring (bicyclic) bond motifs is 21. The van der Waals surface area contributed by atoms with Gasteiger partial charge in [-0.15, -0.1) is 0 Å². The van der Waals surface area contributed by atoms with Crippen LogP contribution in [0.1, 0.15) is 48.6 Å². The quantitative estimate of drug-likeness (QED) is 0.158. The summed E-state index contributed by atoms with van der Waals surface area (Å²) in [5.41, 5.74) is 24.9. The summed E-state index contributed by atoms with van der Waals surface area (Å²) in [5, 5.41) is 5.04. The number of hydrogen-bond acceptors (Lipinski definition) is 1. The van der Waals surface area contributed by atoms with E-state index in [9.17, 15) is 0 Å². The maximum Gasteiger partial charge on any atom is 0.256 e. The molecule has 1 spiro atoms. The molecule has 0 unspecified atom stereocenters. The predicted octanol–water partition coefficient (Wildman–Crippen LogP) is 14.1. The Balaban J connectivity index is 0.971. The Hall–Kier alpha value is -8.34. The van der Waals surface area contributed by atoms with Crippen LogP contribution in [0.5, 0.6) is 11.5 Å². The van der Waals surface area contributed by atoms with E-state index in [1.54, 1.807) is 0 Å². The molecule has 10 aromatic carbocycles. The van der Waals surface area contributed by atoms with Crippen LogP contribution in [-0.4, -0.2) is 15.8 Å². The first kappa shape index (κ1) is 37.7. The monoisotopic (exact) mass is 878 g/mol. The van der Waals surface area contributed by atoms with Gasteiger partial charge in [0.25, 0.3) is 6.71 Å². The Morgan fingerprint density at radius 2 is 1.01 bits per heavy atom. The van der Waals surface area contributed by atoms with Crippen LogP contribution >= 0.6 is 0 Å². The van der Waals surface area contributed by atoms with Crippen molar-refractivity contribution in [3.05, 3.63) is 234 Å². The van der Waals surface area contributed by atoms with Crippen molar-refractivity contribution >= 4 is 66.7 Å². The van der Waals surface area contributed by atoms with Crippen LogP contribution in [0.3, 0.4) is 0 Å². The van der Waals surface area contributed by atoms with E-state index in [1.807, 2.05) is 0 Å². The standard InChI is InChI=1S/C65H43BN2O/c1-64(2,3)40-31-27-38(28-32-40)39-29-33-41(34-30-39)67-55-23-12-7-18-45(55)48-36-54-63-60(62(48)67)46-19-8-13-24-56(46)68(63)57-25-14-26-58-61(57)66(54)53-35-47-44-17-6-11-22-51(44)65(52(47)37-59(53)69-58)49-20-9-4-15-42(49)43-16-5-10-21-50(43)65/h4-37H,1-3H3. The molecule has 4 heteroatoms. The highest BCUT2D eigenvalue weighted by Gasteiger charge is 2.53. The van der Waals surface area contributed by atoms with Crippen molar-refractivity contribution in [1.29, 1.82) is 0 Å². The van der Waals surface area contributed by atoms with E-state index in [1.165, 1.54) is 127 Å². The summed E-state index contributed by atoms with van der Waals surface area (Å²) in [6.45, 7) is 6.75. The van der Waals surface area contributed by atoms with E-state index in [-0.39, 0.29) is 12.1 Å². The third kappa shape index (κ3) is 4.65. The number of rotatable bonds is 2. The van der Waals surface area contributed by atoms with Gasteiger partial charge in [-0.2, -0.15) is 0 Å². The van der Waals surface area contributed by atoms with Crippen molar-refractivity contribution in [3.63, 3.8) is 0 Å². The lowest BCUT2D eigenvalue weighted by Gasteiger charge is -2.35. The molecule has 0 amide bonds. The van der Waals surface area contributed by atoms with Crippen LogP contribution in [0.4, 0.5) is 0 Å². The van der Waals surface area contributed by atoms with E-state index in [0.29, 0.717) is 0 Å². The van der Waals surface area contributed by atoms with E-state index in [2.05, 4.69) is 236 Å². The van der Waals surface area contributed by atoms with Gasteiger partial charge in [0, 0.05) is 32.9 Å². The Morgan fingerprint density at radius 3 is 1.68 bits per heavy atom. The number of aromatic nitrogens is 2. The molecule has 322 valence electrons. The topological polar surface area (TPSA) is 19.1 Å². The molecule has 0 N–H and O–H groups in total. The SMILES string of the molecule is CC(C)(C)c1ccc(-c2ccc(-n3c4ccccc4c4cc5c6c(c7ccccc7n6-c6cccc7c6B5c5cc6c(cc5O7)C5(c7ccccc7-c7ccccc75)c5ccccc5-6)c43)cc2)cc1. The second-order valence-electron chi connectivity index (χ2n) is 20.7. The first-order valence-electron chi connectivity index (χ1n) is 24.4. The fourth-order valence-corrected chi connectivity index (χ4v) is 13.5. The van der Waals surface area contributed by atoms with Crippen LogP contribution in [0.2, 0.25) is 0 Å². The lowest BCUT2D eigenvalue weighted by atomic mass is 9.34. The van der Waals surface area contributed by atoms with E-state index < -0.39 is 5.41 Å². The molecule has 0 fully saturated rings. The highest BCUT2D eigenvalue weighted by molar-refractivity contribution is 6.99. The zero-order valence-electron chi connectivity index (χ0n) is 38.5. The molecule has 69 heavy (non-hydrogen) atoms. The zero-order valence-corrected chi connectivity index (χ0v) is 38.5. The maximum atomic E-state index is 7.29. The molecule has 0 radical (unpaired) electrons. The minimum absolute atomic E-state index is 0.0631. The van der Waals surface area contributed by atoms with Gasteiger partial charge in [-0.25, -0.2) is 0 Å². The van der Waals surface area contributed by atoms with Crippen molar-refractivity contribution in [1.82, 2.24) is 9.13 Å². The fourth-order valence-electron chi connectivity index (χ4n) is 13.5. The third-order valence-corrected chi connectivity index (χ3v) is 16.4. The molecule has 2 aliphatic heterocycles. The molecule has 0 atom stereocenters. The first-order valence-corrected chi connectivity index (χ1v) is 24.4. The second kappa shape index (κ2) is 13.0. The van der Waals surface area contributed by atoms with E-state index in [4.69, 9.17) is 4.74 Å². The van der Waals surface area contributed by atoms with E-state index in [0.717, 1.165) is 17.2 Å². The van der Waals surface area contributed by atoms with Crippen LogP contribution < -0.4 is 21.1 Å². The minimum atomic E-state index is -0.457.